The van der Waals surface area contributed by atoms with Crippen LogP contribution in [0.2, 0.25) is 0 Å². The molecule has 19 heavy (non-hydrogen) atoms. The molecule has 2 N–H and O–H groups in total. The molecule has 0 amide bonds. The zero-order valence-electron chi connectivity index (χ0n) is 10.8. The molecule has 1 heterocycles. The van der Waals surface area contributed by atoms with Crippen molar-refractivity contribution >= 4 is 22.8 Å². The number of thioether (sulfide) groups is 1. The van der Waals surface area contributed by atoms with Gasteiger partial charge in [0.25, 0.3) is 0 Å². The molecule has 2 aromatic rings. The predicted octanol–water partition coefficient (Wildman–Crippen LogP) is 2.61. The van der Waals surface area contributed by atoms with E-state index in [1.165, 1.54) is 18.4 Å². The summed E-state index contributed by atoms with van der Waals surface area (Å²) < 4.78 is 0. The summed E-state index contributed by atoms with van der Waals surface area (Å²) in [6.45, 7) is 2.07. The fraction of sp³-hybridized carbons (Fsp3) is 0.429. The topological polar surface area (TPSA) is 64.5 Å². The van der Waals surface area contributed by atoms with Crippen LogP contribution in [0, 0.1) is 18.3 Å². The maximum absolute atomic E-state index is 9.10. The molecule has 1 unspecified atom stereocenters. The fourth-order valence-electron chi connectivity index (χ4n) is 1.99. The summed E-state index contributed by atoms with van der Waals surface area (Å²) in [5.74, 6) is 0.728. The monoisotopic (exact) mass is 272 g/mol. The highest BCUT2D eigenvalue weighted by Gasteiger charge is 2.24. The maximum Gasteiger partial charge on any atom is 0.166 e. The van der Waals surface area contributed by atoms with Crippen molar-refractivity contribution in [3.8, 4) is 6.07 Å². The van der Waals surface area contributed by atoms with Crippen LogP contribution in [0.5, 0.6) is 0 Å². The van der Waals surface area contributed by atoms with Gasteiger partial charge in [0.15, 0.2) is 5.16 Å². The number of rotatable bonds is 5. The zero-order valence-corrected chi connectivity index (χ0v) is 11.6. The minimum Gasteiger partial charge on any atom is -0.333 e. The SMILES string of the molecule is Cc1ccc2nc(SCC(C#N)NC3CC3)[nH]c2c1. The van der Waals surface area contributed by atoms with E-state index in [0.29, 0.717) is 6.04 Å². The Kier molecular flexibility index (Phi) is 3.45. The number of nitrogens with one attached hydrogen (secondary N) is 2. The Morgan fingerprint density at radius 3 is 3.16 bits per heavy atom. The summed E-state index contributed by atoms with van der Waals surface area (Å²) in [5.41, 5.74) is 3.26. The van der Waals surface area contributed by atoms with Crippen molar-refractivity contribution in [2.75, 3.05) is 5.75 Å². The molecule has 1 aliphatic carbocycles. The minimum absolute atomic E-state index is 0.0903. The first-order valence-electron chi connectivity index (χ1n) is 6.49. The van der Waals surface area contributed by atoms with Crippen LogP contribution in [-0.4, -0.2) is 27.8 Å². The molecule has 1 atom stereocenters. The first-order valence-corrected chi connectivity index (χ1v) is 7.48. The average Bonchev–Trinajstić information content (AvgIpc) is 3.13. The number of nitrogens with zero attached hydrogens (tertiary/aromatic N) is 2. The molecule has 1 aromatic carbocycles. The summed E-state index contributed by atoms with van der Waals surface area (Å²) in [6, 6.07) is 8.96. The molecule has 0 aliphatic heterocycles. The lowest BCUT2D eigenvalue weighted by molar-refractivity contribution is 0.644. The van der Waals surface area contributed by atoms with E-state index in [2.05, 4.69) is 40.4 Å². The molecular weight excluding hydrogens is 256 g/mol. The van der Waals surface area contributed by atoms with Crippen LogP contribution in [0.3, 0.4) is 0 Å². The largest absolute Gasteiger partial charge is 0.333 e. The quantitative estimate of drug-likeness (QED) is 0.821. The van der Waals surface area contributed by atoms with Crippen molar-refractivity contribution in [2.45, 2.75) is 37.0 Å². The van der Waals surface area contributed by atoms with E-state index in [-0.39, 0.29) is 6.04 Å². The third kappa shape index (κ3) is 3.09. The predicted molar refractivity (Wildman–Crippen MR) is 77.1 cm³/mol. The van der Waals surface area contributed by atoms with Crippen LogP contribution in [0.1, 0.15) is 18.4 Å². The third-order valence-electron chi connectivity index (χ3n) is 3.17. The molecule has 98 valence electrons. The molecule has 0 bridgehead atoms. The van der Waals surface area contributed by atoms with Gasteiger partial charge in [-0.3, -0.25) is 5.32 Å². The lowest BCUT2D eigenvalue weighted by Gasteiger charge is -2.08. The van der Waals surface area contributed by atoms with Crippen LogP contribution in [0.15, 0.2) is 23.4 Å². The van der Waals surface area contributed by atoms with Gasteiger partial charge in [0.1, 0.15) is 6.04 Å². The Morgan fingerprint density at radius 1 is 1.58 bits per heavy atom. The first kappa shape index (κ1) is 12.5. The summed E-state index contributed by atoms with van der Waals surface area (Å²) in [5, 5.41) is 13.3. The molecule has 5 heteroatoms. The molecule has 1 saturated carbocycles. The lowest BCUT2D eigenvalue weighted by Crippen LogP contribution is -2.31. The fourth-order valence-corrected chi connectivity index (χ4v) is 2.83. The number of hydrogen-bond donors (Lipinski definition) is 2. The second-order valence-corrected chi connectivity index (χ2v) is 6.00. The van der Waals surface area contributed by atoms with Gasteiger partial charge in [-0.05, 0) is 37.5 Å². The highest BCUT2D eigenvalue weighted by Crippen LogP contribution is 2.23. The van der Waals surface area contributed by atoms with Gasteiger partial charge in [-0.15, -0.1) is 0 Å². The summed E-state index contributed by atoms with van der Waals surface area (Å²) in [6.07, 6.45) is 2.40. The Bertz CT molecular complexity index is 624. The highest BCUT2D eigenvalue weighted by molar-refractivity contribution is 7.99. The van der Waals surface area contributed by atoms with Gasteiger partial charge in [0, 0.05) is 11.8 Å². The molecule has 1 aromatic heterocycles. The number of nitriles is 1. The van der Waals surface area contributed by atoms with Gasteiger partial charge in [-0.25, -0.2) is 4.98 Å². The number of fused-ring (bicyclic) bond motifs is 1. The Hall–Kier alpha value is -1.51. The summed E-state index contributed by atoms with van der Waals surface area (Å²) in [4.78, 5) is 7.82. The van der Waals surface area contributed by atoms with E-state index in [0.717, 1.165) is 21.9 Å². The molecule has 1 fully saturated rings. The van der Waals surface area contributed by atoms with Crippen molar-refractivity contribution in [3.05, 3.63) is 23.8 Å². The summed E-state index contributed by atoms with van der Waals surface area (Å²) in [7, 11) is 0. The first-order chi connectivity index (χ1) is 9.24. The molecule has 0 saturated heterocycles. The molecule has 3 rings (SSSR count). The number of imidazole rings is 1. The van der Waals surface area contributed by atoms with E-state index < -0.39 is 0 Å². The average molecular weight is 272 g/mol. The highest BCUT2D eigenvalue weighted by atomic mass is 32.2. The second kappa shape index (κ2) is 5.24. The van der Waals surface area contributed by atoms with E-state index >= 15 is 0 Å². The standard InChI is InChI=1S/C14H16N4S/c1-9-2-5-12-13(6-9)18-14(17-12)19-8-11(7-15)16-10-3-4-10/h2,5-6,10-11,16H,3-4,8H2,1H3,(H,17,18). The molecule has 0 radical (unpaired) electrons. The normalized spacial score (nSPS) is 16.4. The van der Waals surface area contributed by atoms with E-state index in [9.17, 15) is 0 Å². The number of benzene rings is 1. The second-order valence-electron chi connectivity index (χ2n) is 5.00. The molecule has 1 aliphatic rings. The number of hydrogen-bond acceptors (Lipinski definition) is 4. The van der Waals surface area contributed by atoms with Crippen molar-refractivity contribution in [2.24, 2.45) is 0 Å². The van der Waals surface area contributed by atoms with E-state index in [1.807, 2.05) is 6.07 Å². The van der Waals surface area contributed by atoms with Crippen LogP contribution in [0.25, 0.3) is 11.0 Å². The van der Waals surface area contributed by atoms with Crippen LogP contribution >= 0.6 is 11.8 Å². The molecule has 4 nitrogen and oxygen atoms in total. The molecular formula is C14H16N4S. The van der Waals surface area contributed by atoms with Gasteiger partial charge < -0.3 is 4.98 Å². The number of aromatic nitrogens is 2. The van der Waals surface area contributed by atoms with E-state index in [1.54, 1.807) is 11.8 Å². The van der Waals surface area contributed by atoms with Gasteiger partial charge in [-0.1, -0.05) is 17.8 Å². The maximum atomic E-state index is 9.10. The number of H-pyrrole nitrogens is 1. The van der Waals surface area contributed by atoms with Crippen LogP contribution in [-0.2, 0) is 0 Å². The van der Waals surface area contributed by atoms with Crippen molar-refractivity contribution in [1.29, 1.82) is 5.26 Å². The van der Waals surface area contributed by atoms with Crippen molar-refractivity contribution in [3.63, 3.8) is 0 Å². The van der Waals surface area contributed by atoms with Gasteiger partial charge >= 0.3 is 0 Å². The minimum atomic E-state index is -0.0903. The summed E-state index contributed by atoms with van der Waals surface area (Å²) >= 11 is 1.60. The Labute approximate surface area is 116 Å². The molecule has 0 spiro atoms. The lowest BCUT2D eigenvalue weighted by atomic mass is 10.2. The van der Waals surface area contributed by atoms with Crippen molar-refractivity contribution in [1.82, 2.24) is 15.3 Å². The van der Waals surface area contributed by atoms with E-state index in [4.69, 9.17) is 5.26 Å². The Balaban J connectivity index is 1.65. The van der Waals surface area contributed by atoms with Gasteiger partial charge in [-0.2, -0.15) is 5.26 Å². The smallest absolute Gasteiger partial charge is 0.166 e. The van der Waals surface area contributed by atoms with Crippen molar-refractivity contribution < 1.29 is 0 Å². The number of aryl methyl sites for hydroxylation is 1. The Morgan fingerprint density at radius 2 is 2.42 bits per heavy atom. The zero-order chi connectivity index (χ0) is 13.2. The van der Waals surface area contributed by atoms with Crippen LogP contribution < -0.4 is 5.32 Å². The number of aromatic amines is 1. The van der Waals surface area contributed by atoms with Gasteiger partial charge in [0.05, 0.1) is 17.1 Å². The van der Waals surface area contributed by atoms with Gasteiger partial charge in [0.2, 0.25) is 0 Å². The third-order valence-corrected chi connectivity index (χ3v) is 4.14. The van der Waals surface area contributed by atoms with Crippen LogP contribution in [0.4, 0.5) is 0 Å².